The van der Waals surface area contributed by atoms with Gasteiger partial charge in [0, 0.05) is 42.8 Å². The molecule has 1 N–H and O–H groups in total. The highest BCUT2D eigenvalue weighted by molar-refractivity contribution is 7.14. The van der Waals surface area contributed by atoms with Gasteiger partial charge in [0.15, 0.2) is 5.13 Å². The molecule has 1 aliphatic heterocycles. The fourth-order valence-corrected chi connectivity index (χ4v) is 4.20. The highest BCUT2D eigenvalue weighted by Gasteiger charge is 2.22. The molecular weight excluding hydrogens is 431 g/mol. The van der Waals surface area contributed by atoms with Gasteiger partial charge in [0.2, 0.25) is 5.91 Å². The summed E-state index contributed by atoms with van der Waals surface area (Å²) < 4.78 is 18.2. The van der Waals surface area contributed by atoms with Crippen LogP contribution in [-0.2, 0) is 11.2 Å². The van der Waals surface area contributed by atoms with Crippen molar-refractivity contribution in [2.24, 2.45) is 0 Å². The lowest BCUT2D eigenvalue weighted by Gasteiger charge is -2.36. The molecule has 0 radical (unpaired) electrons. The fraction of sp³-hybridized carbons (Fsp3) is 0.261. The second-order valence-electron chi connectivity index (χ2n) is 7.35. The third kappa shape index (κ3) is 5.23. The van der Waals surface area contributed by atoms with E-state index in [0.717, 1.165) is 5.69 Å². The zero-order chi connectivity index (χ0) is 22.5. The number of hydrogen-bond donors (Lipinski definition) is 1. The molecule has 0 atom stereocenters. The summed E-state index contributed by atoms with van der Waals surface area (Å²) in [4.78, 5) is 33.4. The third-order valence-corrected chi connectivity index (χ3v) is 6.09. The predicted octanol–water partition coefficient (Wildman–Crippen LogP) is 3.43. The summed E-state index contributed by atoms with van der Waals surface area (Å²) in [6.45, 7) is 2.58. The molecule has 0 aliphatic carbocycles. The van der Waals surface area contributed by atoms with E-state index >= 15 is 0 Å². The van der Waals surface area contributed by atoms with E-state index in [1.54, 1.807) is 48.9 Å². The standard InChI is InChI=1S/C23H23FN4O3S/c1-31-20-8-2-16(3-9-20)22(30)26-23-25-18(15-32-23)14-21(29)28-12-10-27(11-13-28)19-6-4-17(24)5-7-19/h2-9,15H,10-14H2,1H3,(H,25,26,30). The number of carbonyl (C=O) groups is 2. The zero-order valence-corrected chi connectivity index (χ0v) is 18.4. The molecule has 1 saturated heterocycles. The number of benzene rings is 2. The number of anilines is 2. The first-order chi connectivity index (χ1) is 15.5. The molecule has 166 valence electrons. The second-order valence-corrected chi connectivity index (χ2v) is 8.21. The molecule has 9 heteroatoms. The van der Waals surface area contributed by atoms with Crippen LogP contribution in [0.3, 0.4) is 0 Å². The monoisotopic (exact) mass is 454 g/mol. The molecule has 2 amide bonds. The summed E-state index contributed by atoms with van der Waals surface area (Å²) >= 11 is 1.29. The Morgan fingerprint density at radius 2 is 1.75 bits per heavy atom. The molecule has 0 saturated carbocycles. The van der Waals surface area contributed by atoms with Crippen LogP contribution in [0.4, 0.5) is 15.2 Å². The van der Waals surface area contributed by atoms with Crippen molar-refractivity contribution in [2.45, 2.75) is 6.42 Å². The minimum Gasteiger partial charge on any atom is -0.497 e. The molecule has 3 aromatic rings. The van der Waals surface area contributed by atoms with Crippen molar-refractivity contribution >= 4 is 34.0 Å². The van der Waals surface area contributed by atoms with Gasteiger partial charge < -0.3 is 14.5 Å². The normalized spacial score (nSPS) is 13.7. The van der Waals surface area contributed by atoms with Crippen molar-refractivity contribution in [3.63, 3.8) is 0 Å². The molecule has 7 nitrogen and oxygen atoms in total. The second kappa shape index (κ2) is 9.78. The Kier molecular flexibility index (Phi) is 6.65. The number of methoxy groups -OCH3 is 1. The van der Waals surface area contributed by atoms with Crippen LogP contribution in [0.1, 0.15) is 16.1 Å². The largest absolute Gasteiger partial charge is 0.497 e. The lowest BCUT2D eigenvalue weighted by atomic mass is 10.2. The minimum atomic E-state index is -0.267. The first-order valence-corrected chi connectivity index (χ1v) is 11.1. The molecule has 2 aromatic carbocycles. The Morgan fingerprint density at radius 3 is 2.41 bits per heavy atom. The highest BCUT2D eigenvalue weighted by atomic mass is 32.1. The van der Waals surface area contributed by atoms with E-state index in [1.807, 2.05) is 4.90 Å². The molecule has 0 bridgehead atoms. The van der Waals surface area contributed by atoms with Crippen LogP contribution in [0.2, 0.25) is 0 Å². The summed E-state index contributed by atoms with van der Waals surface area (Å²) in [5, 5.41) is 5.01. The first kappa shape index (κ1) is 21.8. The van der Waals surface area contributed by atoms with Gasteiger partial charge in [0.05, 0.1) is 19.2 Å². The number of thiazole rings is 1. The van der Waals surface area contributed by atoms with E-state index in [9.17, 15) is 14.0 Å². The molecule has 1 fully saturated rings. The number of amides is 2. The average Bonchev–Trinajstić information content (AvgIpc) is 3.26. The van der Waals surface area contributed by atoms with Crippen LogP contribution in [-0.4, -0.2) is 55.0 Å². The summed E-state index contributed by atoms with van der Waals surface area (Å²) in [5.41, 5.74) is 2.08. The van der Waals surface area contributed by atoms with Gasteiger partial charge in [-0.05, 0) is 48.5 Å². The highest BCUT2D eigenvalue weighted by Crippen LogP contribution is 2.20. The van der Waals surface area contributed by atoms with E-state index in [4.69, 9.17) is 4.74 Å². The van der Waals surface area contributed by atoms with E-state index in [2.05, 4.69) is 15.2 Å². The van der Waals surface area contributed by atoms with Crippen molar-refractivity contribution in [1.82, 2.24) is 9.88 Å². The molecule has 32 heavy (non-hydrogen) atoms. The number of carbonyl (C=O) groups excluding carboxylic acids is 2. The maximum Gasteiger partial charge on any atom is 0.257 e. The zero-order valence-electron chi connectivity index (χ0n) is 17.6. The molecule has 1 aliphatic rings. The maximum absolute atomic E-state index is 13.1. The quantitative estimate of drug-likeness (QED) is 0.618. The predicted molar refractivity (Wildman–Crippen MR) is 122 cm³/mol. The summed E-state index contributed by atoms with van der Waals surface area (Å²) in [5.74, 6) is 0.152. The van der Waals surface area contributed by atoms with Crippen molar-refractivity contribution in [3.8, 4) is 5.75 Å². The van der Waals surface area contributed by atoms with Crippen LogP contribution in [0.15, 0.2) is 53.9 Å². The lowest BCUT2D eigenvalue weighted by molar-refractivity contribution is -0.130. The summed E-state index contributed by atoms with van der Waals surface area (Å²) in [6.07, 6.45) is 0.186. The van der Waals surface area contributed by atoms with Crippen LogP contribution in [0, 0.1) is 5.82 Å². The Morgan fingerprint density at radius 1 is 1.06 bits per heavy atom. The van der Waals surface area contributed by atoms with Gasteiger partial charge in [-0.15, -0.1) is 11.3 Å². The van der Waals surface area contributed by atoms with Gasteiger partial charge in [-0.1, -0.05) is 0 Å². The number of aromatic nitrogens is 1. The van der Waals surface area contributed by atoms with E-state index in [0.29, 0.717) is 48.3 Å². The molecule has 0 spiro atoms. The Balaban J connectivity index is 1.28. The molecular formula is C23H23FN4O3S. The van der Waals surface area contributed by atoms with Crippen molar-refractivity contribution in [1.29, 1.82) is 0 Å². The Bertz CT molecular complexity index is 1080. The van der Waals surface area contributed by atoms with Crippen molar-refractivity contribution in [3.05, 3.63) is 71.0 Å². The van der Waals surface area contributed by atoms with Crippen molar-refractivity contribution < 1.29 is 18.7 Å². The molecule has 4 rings (SSSR count). The lowest BCUT2D eigenvalue weighted by Crippen LogP contribution is -2.49. The number of rotatable bonds is 6. The first-order valence-electron chi connectivity index (χ1n) is 10.2. The number of ether oxygens (including phenoxy) is 1. The number of hydrogen-bond acceptors (Lipinski definition) is 6. The topological polar surface area (TPSA) is 74.8 Å². The van der Waals surface area contributed by atoms with E-state index in [1.165, 1.54) is 23.5 Å². The van der Waals surface area contributed by atoms with Crippen molar-refractivity contribution in [2.75, 3.05) is 43.5 Å². The van der Waals surface area contributed by atoms with Crippen LogP contribution in [0.25, 0.3) is 0 Å². The molecule has 0 unspecified atom stereocenters. The Labute approximate surface area is 189 Å². The Hall–Kier alpha value is -3.46. The van der Waals surface area contributed by atoms with Crippen LogP contribution < -0.4 is 15.0 Å². The van der Waals surface area contributed by atoms with E-state index in [-0.39, 0.29) is 24.1 Å². The summed E-state index contributed by atoms with van der Waals surface area (Å²) in [6, 6.07) is 13.2. The van der Waals surface area contributed by atoms with Gasteiger partial charge >= 0.3 is 0 Å². The van der Waals surface area contributed by atoms with Gasteiger partial charge in [0.1, 0.15) is 11.6 Å². The smallest absolute Gasteiger partial charge is 0.257 e. The van der Waals surface area contributed by atoms with Gasteiger partial charge in [-0.2, -0.15) is 0 Å². The third-order valence-electron chi connectivity index (χ3n) is 5.28. The molecule has 1 aromatic heterocycles. The van der Waals surface area contributed by atoms with Gasteiger partial charge in [-0.25, -0.2) is 9.37 Å². The maximum atomic E-state index is 13.1. The van der Waals surface area contributed by atoms with E-state index < -0.39 is 0 Å². The van der Waals surface area contributed by atoms with Crippen LogP contribution >= 0.6 is 11.3 Å². The SMILES string of the molecule is COc1ccc(C(=O)Nc2nc(CC(=O)N3CCN(c4ccc(F)cc4)CC3)cs2)cc1. The van der Waals surface area contributed by atoms with Crippen LogP contribution in [0.5, 0.6) is 5.75 Å². The molecule has 2 heterocycles. The number of nitrogens with one attached hydrogen (secondary N) is 1. The average molecular weight is 455 g/mol. The number of nitrogens with zero attached hydrogens (tertiary/aromatic N) is 3. The minimum absolute atomic E-state index is 0.00193. The van der Waals surface area contributed by atoms with Gasteiger partial charge in [-0.3, -0.25) is 14.9 Å². The number of piperazine rings is 1. The fourth-order valence-electron chi connectivity index (χ4n) is 3.49. The van der Waals surface area contributed by atoms with Gasteiger partial charge in [0.25, 0.3) is 5.91 Å². The number of halogens is 1. The summed E-state index contributed by atoms with van der Waals surface area (Å²) in [7, 11) is 1.57.